The monoisotopic (exact) mass is 238 g/mol. The van der Waals surface area contributed by atoms with Gasteiger partial charge in [-0.1, -0.05) is 13.8 Å². The fourth-order valence-corrected chi connectivity index (χ4v) is 2.27. The lowest BCUT2D eigenvalue weighted by molar-refractivity contribution is 0.0601. The number of carboxylic acids is 1. The van der Waals surface area contributed by atoms with E-state index in [4.69, 9.17) is 14.3 Å². The van der Waals surface area contributed by atoms with E-state index in [0.717, 1.165) is 25.2 Å². The molecular weight excluding hydrogens is 220 g/mol. The van der Waals surface area contributed by atoms with Gasteiger partial charge in [-0.25, -0.2) is 4.79 Å². The number of rotatable bonds is 3. The van der Waals surface area contributed by atoms with Crippen molar-refractivity contribution in [2.45, 2.75) is 39.2 Å². The average Bonchev–Trinajstić information content (AvgIpc) is 2.72. The molecule has 0 saturated heterocycles. The van der Waals surface area contributed by atoms with Gasteiger partial charge in [0.2, 0.25) is 5.76 Å². The van der Waals surface area contributed by atoms with Crippen molar-refractivity contribution < 1.29 is 19.1 Å². The van der Waals surface area contributed by atoms with Crippen molar-refractivity contribution in [3.05, 3.63) is 17.9 Å². The van der Waals surface area contributed by atoms with Gasteiger partial charge in [0, 0.05) is 6.07 Å². The maximum Gasteiger partial charge on any atom is 0.371 e. The van der Waals surface area contributed by atoms with Crippen molar-refractivity contribution >= 4 is 5.97 Å². The summed E-state index contributed by atoms with van der Waals surface area (Å²) in [6.07, 6.45) is 3.31. The van der Waals surface area contributed by atoms with E-state index in [0.29, 0.717) is 11.9 Å². The van der Waals surface area contributed by atoms with Gasteiger partial charge in [-0.05, 0) is 37.2 Å². The highest BCUT2D eigenvalue weighted by Crippen LogP contribution is 2.32. The highest BCUT2D eigenvalue weighted by atomic mass is 16.6. The lowest BCUT2D eigenvalue weighted by Gasteiger charge is -2.31. The molecule has 1 aromatic heterocycles. The fraction of sp³-hybridized carbons (Fsp3) is 0.615. The Morgan fingerprint density at radius 3 is 2.71 bits per heavy atom. The summed E-state index contributed by atoms with van der Waals surface area (Å²) in [5, 5.41) is 8.73. The Morgan fingerprint density at radius 1 is 1.35 bits per heavy atom. The van der Waals surface area contributed by atoms with Gasteiger partial charge in [-0.3, -0.25) is 0 Å². The third-order valence-corrected chi connectivity index (χ3v) is 3.63. The van der Waals surface area contributed by atoms with E-state index in [1.54, 1.807) is 6.07 Å². The molecule has 0 bridgehead atoms. The zero-order valence-corrected chi connectivity index (χ0v) is 10.2. The molecular formula is C13H18O4. The van der Waals surface area contributed by atoms with E-state index in [1.165, 1.54) is 6.07 Å². The van der Waals surface area contributed by atoms with Gasteiger partial charge in [0.05, 0.1) is 0 Å². The second-order valence-electron chi connectivity index (χ2n) is 4.93. The molecule has 1 aromatic rings. The van der Waals surface area contributed by atoms with Crippen LogP contribution in [0.2, 0.25) is 0 Å². The van der Waals surface area contributed by atoms with Crippen LogP contribution in [0.5, 0.6) is 5.95 Å². The van der Waals surface area contributed by atoms with E-state index in [1.807, 2.05) is 0 Å². The van der Waals surface area contributed by atoms with Crippen molar-refractivity contribution in [2.75, 3.05) is 0 Å². The fourth-order valence-electron chi connectivity index (χ4n) is 2.27. The zero-order chi connectivity index (χ0) is 12.4. The summed E-state index contributed by atoms with van der Waals surface area (Å²) in [6.45, 7) is 4.49. The molecule has 1 saturated carbocycles. The standard InChI is InChI=1S/C13H18O4/c1-8-3-4-10(7-9(8)2)16-12-6-5-11(17-12)13(14)15/h5-6,8-10H,3-4,7H2,1-2H3,(H,14,15). The third-order valence-electron chi connectivity index (χ3n) is 3.63. The van der Waals surface area contributed by atoms with Gasteiger partial charge >= 0.3 is 5.97 Å². The van der Waals surface area contributed by atoms with Gasteiger partial charge in [0.1, 0.15) is 6.10 Å². The number of carboxylic acid groups (broad SMARTS) is 1. The summed E-state index contributed by atoms with van der Waals surface area (Å²) < 4.78 is 10.8. The number of hydrogen-bond donors (Lipinski definition) is 1. The lowest BCUT2D eigenvalue weighted by atomic mass is 9.80. The van der Waals surface area contributed by atoms with Crippen LogP contribution in [0, 0.1) is 11.8 Å². The average molecular weight is 238 g/mol. The first-order valence-electron chi connectivity index (χ1n) is 6.06. The Hall–Kier alpha value is -1.45. The Bertz CT molecular complexity index is 396. The molecule has 0 aromatic carbocycles. The predicted molar refractivity (Wildman–Crippen MR) is 62.3 cm³/mol. The smallest absolute Gasteiger partial charge is 0.371 e. The largest absolute Gasteiger partial charge is 0.475 e. The van der Waals surface area contributed by atoms with Crippen molar-refractivity contribution in [3.8, 4) is 5.95 Å². The Morgan fingerprint density at radius 2 is 2.12 bits per heavy atom. The van der Waals surface area contributed by atoms with Crippen LogP contribution in [0.25, 0.3) is 0 Å². The molecule has 1 aliphatic carbocycles. The van der Waals surface area contributed by atoms with Gasteiger partial charge in [0.15, 0.2) is 0 Å². The zero-order valence-electron chi connectivity index (χ0n) is 10.2. The number of hydrogen-bond acceptors (Lipinski definition) is 3. The van der Waals surface area contributed by atoms with Gasteiger partial charge in [-0.2, -0.15) is 0 Å². The van der Waals surface area contributed by atoms with Crippen molar-refractivity contribution in [1.82, 2.24) is 0 Å². The molecule has 3 atom stereocenters. The van der Waals surface area contributed by atoms with Gasteiger partial charge in [-0.15, -0.1) is 0 Å². The molecule has 4 nitrogen and oxygen atoms in total. The van der Waals surface area contributed by atoms with Gasteiger partial charge < -0.3 is 14.3 Å². The second-order valence-corrected chi connectivity index (χ2v) is 4.93. The maximum atomic E-state index is 10.7. The normalized spacial score (nSPS) is 28.9. The summed E-state index contributed by atoms with van der Waals surface area (Å²) in [5.41, 5.74) is 0. The Labute approximate surface area is 101 Å². The van der Waals surface area contributed by atoms with Crippen LogP contribution in [-0.4, -0.2) is 17.2 Å². The molecule has 4 heteroatoms. The van der Waals surface area contributed by atoms with Crippen molar-refractivity contribution in [3.63, 3.8) is 0 Å². The molecule has 0 radical (unpaired) electrons. The molecule has 1 N–H and O–H groups in total. The van der Waals surface area contributed by atoms with E-state index < -0.39 is 5.97 Å². The summed E-state index contributed by atoms with van der Waals surface area (Å²) in [5.74, 6) is 0.556. The van der Waals surface area contributed by atoms with E-state index in [9.17, 15) is 4.79 Å². The van der Waals surface area contributed by atoms with Crippen LogP contribution in [-0.2, 0) is 0 Å². The molecule has 2 rings (SSSR count). The summed E-state index contributed by atoms with van der Waals surface area (Å²) in [7, 11) is 0. The molecule has 0 amide bonds. The molecule has 94 valence electrons. The summed E-state index contributed by atoms with van der Waals surface area (Å²) in [6, 6.07) is 3.00. The molecule has 1 fully saturated rings. The first-order chi connectivity index (χ1) is 8.06. The number of furan rings is 1. The minimum atomic E-state index is -1.06. The number of carbonyl (C=O) groups is 1. The predicted octanol–water partition coefficient (Wildman–Crippen LogP) is 3.18. The van der Waals surface area contributed by atoms with E-state index in [-0.39, 0.29) is 11.9 Å². The summed E-state index contributed by atoms with van der Waals surface area (Å²) in [4.78, 5) is 10.7. The first kappa shape index (κ1) is 12.0. The first-order valence-corrected chi connectivity index (χ1v) is 6.06. The van der Waals surface area contributed by atoms with Crippen molar-refractivity contribution in [2.24, 2.45) is 11.8 Å². The molecule has 0 aliphatic heterocycles. The number of aromatic carboxylic acids is 1. The van der Waals surface area contributed by atoms with Crippen molar-refractivity contribution in [1.29, 1.82) is 0 Å². The number of ether oxygens (including phenoxy) is 1. The topological polar surface area (TPSA) is 59.7 Å². The second kappa shape index (κ2) is 4.82. The van der Waals surface area contributed by atoms with Crippen LogP contribution < -0.4 is 4.74 Å². The minimum Gasteiger partial charge on any atom is -0.475 e. The SMILES string of the molecule is CC1CCC(Oc2ccc(C(=O)O)o2)CC1C. The maximum absolute atomic E-state index is 10.7. The molecule has 1 heterocycles. The van der Waals surface area contributed by atoms with Crippen LogP contribution in [0.1, 0.15) is 43.7 Å². The van der Waals surface area contributed by atoms with Crippen LogP contribution in [0.4, 0.5) is 0 Å². The Kier molecular flexibility index (Phi) is 3.41. The minimum absolute atomic E-state index is 0.0720. The molecule has 3 unspecified atom stereocenters. The molecule has 0 spiro atoms. The van der Waals surface area contributed by atoms with E-state index >= 15 is 0 Å². The molecule has 1 aliphatic rings. The Balaban J connectivity index is 1.94. The quantitative estimate of drug-likeness (QED) is 0.878. The van der Waals surface area contributed by atoms with Gasteiger partial charge in [0.25, 0.3) is 5.95 Å². The van der Waals surface area contributed by atoms with Crippen LogP contribution >= 0.6 is 0 Å². The lowest BCUT2D eigenvalue weighted by Crippen LogP contribution is -2.28. The third kappa shape index (κ3) is 2.81. The van der Waals surface area contributed by atoms with E-state index in [2.05, 4.69) is 13.8 Å². The summed E-state index contributed by atoms with van der Waals surface area (Å²) >= 11 is 0. The molecule has 17 heavy (non-hydrogen) atoms. The highest BCUT2D eigenvalue weighted by Gasteiger charge is 2.26. The van der Waals surface area contributed by atoms with Crippen LogP contribution in [0.3, 0.4) is 0 Å². The van der Waals surface area contributed by atoms with Crippen LogP contribution in [0.15, 0.2) is 16.5 Å². The highest BCUT2D eigenvalue weighted by molar-refractivity contribution is 5.84.